The molecule has 24 heavy (non-hydrogen) atoms. The number of pyridine rings is 1. The van der Waals surface area contributed by atoms with Crippen molar-refractivity contribution in [2.75, 3.05) is 25.1 Å². The number of rotatable bonds is 5. The van der Waals surface area contributed by atoms with E-state index in [1.54, 1.807) is 19.5 Å². The molecule has 0 bridgehead atoms. The maximum atomic E-state index is 6.08. The minimum atomic E-state index is 0.595. The van der Waals surface area contributed by atoms with E-state index in [-0.39, 0.29) is 0 Å². The lowest BCUT2D eigenvalue weighted by Gasteiger charge is -2.19. The fourth-order valence-electron chi connectivity index (χ4n) is 2.72. The Balaban J connectivity index is 2.23. The van der Waals surface area contributed by atoms with Gasteiger partial charge in [0, 0.05) is 42.6 Å². The van der Waals surface area contributed by atoms with Crippen LogP contribution in [0, 0.1) is 0 Å². The van der Waals surface area contributed by atoms with Crippen LogP contribution in [0.2, 0.25) is 5.02 Å². The average molecular weight is 343 g/mol. The van der Waals surface area contributed by atoms with E-state index in [1.807, 2.05) is 24.4 Å². The van der Waals surface area contributed by atoms with Gasteiger partial charge >= 0.3 is 0 Å². The van der Waals surface area contributed by atoms with Crippen LogP contribution in [0.25, 0.3) is 22.0 Å². The first-order valence-corrected chi connectivity index (χ1v) is 8.25. The van der Waals surface area contributed by atoms with Crippen molar-refractivity contribution in [2.45, 2.75) is 13.8 Å². The summed E-state index contributed by atoms with van der Waals surface area (Å²) < 4.78 is 5.49. The predicted molar refractivity (Wildman–Crippen MR) is 97.9 cm³/mol. The Morgan fingerprint density at radius 2 is 1.92 bits per heavy atom. The van der Waals surface area contributed by atoms with Gasteiger partial charge in [-0.15, -0.1) is 0 Å². The Labute approximate surface area is 146 Å². The molecule has 0 saturated carbocycles. The van der Waals surface area contributed by atoms with Crippen molar-refractivity contribution in [3.05, 3.63) is 41.8 Å². The molecule has 2 heterocycles. The van der Waals surface area contributed by atoms with Crippen LogP contribution in [0.4, 0.5) is 5.95 Å². The predicted octanol–water partition coefficient (Wildman–Crippen LogP) is 4.20. The van der Waals surface area contributed by atoms with Crippen LogP contribution >= 0.6 is 11.6 Å². The molecule has 0 N–H and O–H groups in total. The van der Waals surface area contributed by atoms with Crippen LogP contribution in [0.1, 0.15) is 13.8 Å². The van der Waals surface area contributed by atoms with Crippen molar-refractivity contribution in [3.8, 4) is 16.9 Å². The van der Waals surface area contributed by atoms with Crippen molar-refractivity contribution in [1.82, 2.24) is 15.0 Å². The van der Waals surface area contributed by atoms with Crippen LogP contribution in [0.5, 0.6) is 5.75 Å². The van der Waals surface area contributed by atoms with E-state index in [9.17, 15) is 0 Å². The van der Waals surface area contributed by atoms with Gasteiger partial charge in [-0.3, -0.25) is 4.98 Å². The normalized spacial score (nSPS) is 10.8. The van der Waals surface area contributed by atoms with E-state index >= 15 is 0 Å². The summed E-state index contributed by atoms with van der Waals surface area (Å²) in [4.78, 5) is 15.5. The zero-order chi connectivity index (χ0) is 17.1. The summed E-state index contributed by atoms with van der Waals surface area (Å²) in [5.41, 5.74) is 2.69. The Kier molecular flexibility index (Phi) is 4.81. The minimum Gasteiger partial charge on any atom is -0.494 e. The summed E-state index contributed by atoms with van der Waals surface area (Å²) in [6.07, 6.45) is 5.24. The van der Waals surface area contributed by atoms with E-state index in [0.717, 1.165) is 40.9 Å². The van der Waals surface area contributed by atoms with Gasteiger partial charge in [-0.25, -0.2) is 9.97 Å². The molecular formula is C18H19ClN4O. The molecule has 0 aliphatic carbocycles. The Morgan fingerprint density at radius 3 is 2.58 bits per heavy atom. The summed E-state index contributed by atoms with van der Waals surface area (Å²) in [7, 11) is 1.65. The topological polar surface area (TPSA) is 51.1 Å². The summed E-state index contributed by atoms with van der Waals surface area (Å²) in [5, 5.41) is 1.51. The van der Waals surface area contributed by atoms with Gasteiger partial charge in [0.15, 0.2) is 0 Å². The lowest BCUT2D eigenvalue weighted by Crippen LogP contribution is -2.24. The highest BCUT2D eigenvalue weighted by molar-refractivity contribution is 6.30. The molecule has 6 heteroatoms. The average Bonchev–Trinajstić information content (AvgIpc) is 2.61. The maximum Gasteiger partial charge on any atom is 0.225 e. The van der Waals surface area contributed by atoms with E-state index in [4.69, 9.17) is 21.3 Å². The maximum absolute atomic E-state index is 6.08. The van der Waals surface area contributed by atoms with Gasteiger partial charge in [0.1, 0.15) is 11.3 Å². The fourth-order valence-corrected chi connectivity index (χ4v) is 2.89. The molecule has 2 aromatic heterocycles. The largest absolute Gasteiger partial charge is 0.494 e. The number of fused-ring (bicyclic) bond motifs is 1. The second-order valence-corrected chi connectivity index (χ2v) is 5.75. The second kappa shape index (κ2) is 7.01. The molecular weight excluding hydrogens is 324 g/mol. The molecule has 0 unspecified atom stereocenters. The fraction of sp³-hybridized carbons (Fsp3) is 0.278. The molecule has 0 amide bonds. The highest BCUT2D eigenvalue weighted by Crippen LogP contribution is 2.34. The molecule has 0 atom stereocenters. The molecule has 3 rings (SSSR count). The first-order valence-electron chi connectivity index (χ1n) is 7.87. The van der Waals surface area contributed by atoms with Crippen molar-refractivity contribution in [1.29, 1.82) is 0 Å². The second-order valence-electron chi connectivity index (χ2n) is 5.31. The molecule has 0 saturated heterocycles. The number of nitrogens with zero attached hydrogens (tertiary/aromatic N) is 4. The van der Waals surface area contributed by atoms with E-state index in [1.165, 1.54) is 0 Å². The molecule has 5 nitrogen and oxygen atoms in total. The van der Waals surface area contributed by atoms with E-state index < -0.39 is 0 Å². The zero-order valence-corrected chi connectivity index (χ0v) is 14.7. The van der Waals surface area contributed by atoms with Gasteiger partial charge in [-0.1, -0.05) is 11.6 Å². The number of ether oxygens (including phenoxy) is 1. The van der Waals surface area contributed by atoms with Gasteiger partial charge in [0.25, 0.3) is 0 Å². The van der Waals surface area contributed by atoms with Crippen molar-refractivity contribution in [2.24, 2.45) is 0 Å². The van der Waals surface area contributed by atoms with Gasteiger partial charge in [0.2, 0.25) is 5.95 Å². The summed E-state index contributed by atoms with van der Waals surface area (Å²) in [6.45, 7) is 5.87. The zero-order valence-electron chi connectivity index (χ0n) is 14.0. The third kappa shape index (κ3) is 2.99. The highest BCUT2D eigenvalue weighted by Gasteiger charge is 2.14. The smallest absolute Gasteiger partial charge is 0.225 e. The molecule has 0 spiro atoms. The van der Waals surface area contributed by atoms with Crippen LogP contribution in [-0.4, -0.2) is 35.2 Å². The molecule has 3 aromatic rings. The number of halogens is 1. The number of methoxy groups -OCH3 is 1. The summed E-state index contributed by atoms with van der Waals surface area (Å²) in [5.74, 6) is 1.42. The molecule has 1 aromatic carbocycles. The van der Waals surface area contributed by atoms with Crippen molar-refractivity contribution >= 4 is 28.5 Å². The van der Waals surface area contributed by atoms with Gasteiger partial charge in [-0.05, 0) is 37.6 Å². The number of benzene rings is 1. The van der Waals surface area contributed by atoms with Crippen LogP contribution in [-0.2, 0) is 0 Å². The number of aromatic nitrogens is 3. The molecule has 0 radical (unpaired) electrons. The summed E-state index contributed by atoms with van der Waals surface area (Å²) >= 11 is 6.08. The lowest BCUT2D eigenvalue weighted by atomic mass is 10.0. The van der Waals surface area contributed by atoms with Gasteiger partial charge in [-0.2, -0.15) is 0 Å². The van der Waals surface area contributed by atoms with E-state index in [0.29, 0.717) is 11.0 Å². The van der Waals surface area contributed by atoms with Gasteiger partial charge < -0.3 is 9.64 Å². The lowest BCUT2D eigenvalue weighted by molar-refractivity contribution is 0.419. The Morgan fingerprint density at radius 1 is 1.12 bits per heavy atom. The quantitative estimate of drug-likeness (QED) is 0.695. The number of hydrogen-bond acceptors (Lipinski definition) is 5. The first-order chi connectivity index (χ1) is 11.7. The minimum absolute atomic E-state index is 0.595. The first kappa shape index (κ1) is 16.5. The third-order valence-corrected chi connectivity index (χ3v) is 4.19. The number of anilines is 1. The third-order valence-electron chi connectivity index (χ3n) is 3.98. The van der Waals surface area contributed by atoms with Crippen molar-refractivity contribution in [3.63, 3.8) is 0 Å². The van der Waals surface area contributed by atoms with Crippen LogP contribution in [0.3, 0.4) is 0 Å². The standard InChI is InChI=1S/C18H19ClN4O/c1-4-23(5-2)18-21-11-15-14(12-8-13(19)10-20-9-12)6-7-16(24-3)17(15)22-18/h6-11H,4-5H2,1-3H3. The monoisotopic (exact) mass is 342 g/mol. The highest BCUT2D eigenvalue weighted by atomic mass is 35.5. The molecule has 124 valence electrons. The Bertz CT molecular complexity index is 865. The molecule has 0 aliphatic rings. The Hall–Kier alpha value is -2.40. The van der Waals surface area contributed by atoms with Crippen LogP contribution in [0.15, 0.2) is 36.8 Å². The molecule has 0 fully saturated rings. The summed E-state index contributed by atoms with van der Waals surface area (Å²) in [6, 6.07) is 5.78. The van der Waals surface area contributed by atoms with E-state index in [2.05, 4.69) is 28.7 Å². The SMILES string of the molecule is CCN(CC)c1ncc2c(-c3cncc(Cl)c3)ccc(OC)c2n1. The van der Waals surface area contributed by atoms with Crippen LogP contribution < -0.4 is 9.64 Å². The van der Waals surface area contributed by atoms with Gasteiger partial charge in [0.05, 0.1) is 12.1 Å². The molecule has 0 aliphatic heterocycles. The number of hydrogen-bond donors (Lipinski definition) is 0. The van der Waals surface area contributed by atoms with Crippen molar-refractivity contribution < 1.29 is 4.74 Å².